The number of rotatable bonds is 3. The second-order valence-corrected chi connectivity index (χ2v) is 4.12. The van der Waals surface area contributed by atoms with Gasteiger partial charge in [-0.05, 0) is 24.3 Å². The summed E-state index contributed by atoms with van der Waals surface area (Å²) < 4.78 is 25.8. The van der Waals surface area contributed by atoms with Crippen LogP contribution in [0.3, 0.4) is 0 Å². The van der Waals surface area contributed by atoms with Gasteiger partial charge in [-0.2, -0.15) is 0 Å². The van der Waals surface area contributed by atoms with E-state index in [9.17, 15) is 23.7 Å². The molecule has 1 amide bonds. The molecule has 0 spiro atoms. The maximum absolute atomic E-state index is 13.0. The Hall–Kier alpha value is -3.03. The molecular formula is C13H9F2N3O3. The van der Waals surface area contributed by atoms with Gasteiger partial charge in [-0.25, -0.2) is 8.78 Å². The van der Waals surface area contributed by atoms with Crippen molar-refractivity contribution in [3.63, 3.8) is 0 Å². The van der Waals surface area contributed by atoms with Crippen LogP contribution in [0.4, 0.5) is 25.8 Å². The Labute approximate surface area is 117 Å². The lowest BCUT2D eigenvalue weighted by Crippen LogP contribution is -2.14. The largest absolute Gasteiger partial charge is 0.399 e. The molecule has 2 rings (SSSR count). The molecule has 2 aromatic carbocycles. The number of halogens is 2. The van der Waals surface area contributed by atoms with Gasteiger partial charge in [-0.15, -0.1) is 0 Å². The van der Waals surface area contributed by atoms with Crippen molar-refractivity contribution >= 4 is 23.0 Å². The first-order valence-corrected chi connectivity index (χ1v) is 5.69. The highest BCUT2D eigenvalue weighted by molar-refractivity contribution is 6.07. The monoisotopic (exact) mass is 293 g/mol. The molecule has 108 valence electrons. The van der Waals surface area contributed by atoms with E-state index in [0.29, 0.717) is 0 Å². The number of nitro groups is 1. The number of nitrogens with zero attached hydrogens (tertiary/aromatic N) is 1. The topological polar surface area (TPSA) is 98.3 Å². The summed E-state index contributed by atoms with van der Waals surface area (Å²) in [4.78, 5) is 22.1. The summed E-state index contributed by atoms with van der Waals surface area (Å²) in [5.41, 5.74) is 4.91. The molecule has 6 nitrogen and oxygen atoms in total. The normalized spacial score (nSPS) is 10.2. The van der Waals surface area contributed by atoms with Crippen molar-refractivity contribution in [2.24, 2.45) is 0 Å². The number of hydrogen-bond donors (Lipinski definition) is 2. The minimum Gasteiger partial charge on any atom is -0.399 e. The van der Waals surface area contributed by atoms with Gasteiger partial charge in [0.05, 0.1) is 4.92 Å². The number of nitrogen functional groups attached to an aromatic ring is 1. The second-order valence-electron chi connectivity index (χ2n) is 4.12. The fourth-order valence-corrected chi connectivity index (χ4v) is 1.67. The van der Waals surface area contributed by atoms with Crippen molar-refractivity contribution in [3.05, 3.63) is 63.7 Å². The number of benzene rings is 2. The molecule has 0 unspecified atom stereocenters. The number of nitro benzene ring substituents is 1. The summed E-state index contributed by atoms with van der Waals surface area (Å²) in [6, 6.07) is 6.24. The third kappa shape index (κ3) is 3.11. The molecule has 0 radical (unpaired) electrons. The molecule has 0 aromatic heterocycles. The van der Waals surface area contributed by atoms with Gasteiger partial charge in [0.1, 0.15) is 5.56 Å². The van der Waals surface area contributed by atoms with Crippen molar-refractivity contribution in [2.45, 2.75) is 0 Å². The predicted molar refractivity (Wildman–Crippen MR) is 71.8 cm³/mol. The molecule has 0 heterocycles. The van der Waals surface area contributed by atoms with Gasteiger partial charge in [0.2, 0.25) is 0 Å². The van der Waals surface area contributed by atoms with E-state index in [2.05, 4.69) is 5.32 Å². The van der Waals surface area contributed by atoms with E-state index < -0.39 is 28.2 Å². The maximum atomic E-state index is 13.0. The minimum atomic E-state index is -1.14. The summed E-state index contributed by atoms with van der Waals surface area (Å²) >= 11 is 0. The summed E-state index contributed by atoms with van der Waals surface area (Å²) in [7, 11) is 0. The first-order valence-electron chi connectivity index (χ1n) is 5.69. The van der Waals surface area contributed by atoms with E-state index in [1.807, 2.05) is 0 Å². The zero-order chi connectivity index (χ0) is 15.6. The zero-order valence-corrected chi connectivity index (χ0v) is 10.5. The van der Waals surface area contributed by atoms with Gasteiger partial charge in [-0.1, -0.05) is 0 Å². The smallest absolute Gasteiger partial charge is 0.282 e. The van der Waals surface area contributed by atoms with E-state index >= 15 is 0 Å². The number of carbonyl (C=O) groups is 1. The fraction of sp³-hybridized carbons (Fsp3) is 0. The number of nitrogens with one attached hydrogen (secondary N) is 1. The molecule has 0 atom stereocenters. The number of carbonyl (C=O) groups excluding carboxylic acids is 1. The highest BCUT2D eigenvalue weighted by atomic mass is 19.2. The highest BCUT2D eigenvalue weighted by Gasteiger charge is 2.20. The Bertz CT molecular complexity index is 735. The van der Waals surface area contributed by atoms with Crippen LogP contribution < -0.4 is 11.1 Å². The lowest BCUT2D eigenvalue weighted by Gasteiger charge is -2.07. The average molecular weight is 293 g/mol. The lowest BCUT2D eigenvalue weighted by atomic mass is 10.1. The van der Waals surface area contributed by atoms with Crippen molar-refractivity contribution in [3.8, 4) is 0 Å². The van der Waals surface area contributed by atoms with Crippen LogP contribution in [0.5, 0.6) is 0 Å². The first kappa shape index (κ1) is 14.4. The summed E-state index contributed by atoms with van der Waals surface area (Å²) in [5.74, 6) is -3.06. The summed E-state index contributed by atoms with van der Waals surface area (Å²) in [5, 5.41) is 13.1. The molecule has 0 saturated heterocycles. The van der Waals surface area contributed by atoms with Crippen LogP contribution in [0.2, 0.25) is 0 Å². The Morgan fingerprint density at radius 1 is 1.14 bits per heavy atom. The molecule has 0 saturated carbocycles. The molecular weight excluding hydrogens is 284 g/mol. The van der Waals surface area contributed by atoms with Crippen molar-refractivity contribution in [2.75, 3.05) is 11.1 Å². The van der Waals surface area contributed by atoms with Gasteiger partial charge < -0.3 is 11.1 Å². The molecule has 21 heavy (non-hydrogen) atoms. The maximum Gasteiger partial charge on any atom is 0.282 e. The number of nitrogens with two attached hydrogens (primary N) is 1. The van der Waals surface area contributed by atoms with Crippen LogP contribution in [0.25, 0.3) is 0 Å². The van der Waals surface area contributed by atoms with Crippen LogP contribution >= 0.6 is 0 Å². The van der Waals surface area contributed by atoms with E-state index in [4.69, 9.17) is 5.73 Å². The first-order chi connectivity index (χ1) is 9.88. The SMILES string of the molecule is Nc1ccc([N+](=O)[O-])c(C(=O)Nc2ccc(F)c(F)c2)c1. The molecule has 2 aromatic rings. The van der Waals surface area contributed by atoms with Gasteiger partial charge in [-0.3, -0.25) is 14.9 Å². The summed E-state index contributed by atoms with van der Waals surface area (Å²) in [6.07, 6.45) is 0. The van der Waals surface area contributed by atoms with Gasteiger partial charge in [0, 0.05) is 23.5 Å². The van der Waals surface area contributed by atoms with Gasteiger partial charge in [0.25, 0.3) is 11.6 Å². The van der Waals surface area contributed by atoms with Crippen LogP contribution in [-0.4, -0.2) is 10.8 Å². The Balaban J connectivity index is 2.34. The second kappa shape index (κ2) is 5.53. The fourth-order valence-electron chi connectivity index (χ4n) is 1.67. The van der Waals surface area contributed by atoms with Crippen molar-refractivity contribution in [1.29, 1.82) is 0 Å². The molecule has 0 fully saturated rings. The Morgan fingerprint density at radius 3 is 2.48 bits per heavy atom. The molecule has 3 N–H and O–H groups in total. The van der Waals surface area contributed by atoms with Crippen LogP contribution in [0.15, 0.2) is 36.4 Å². The highest BCUT2D eigenvalue weighted by Crippen LogP contribution is 2.23. The predicted octanol–water partition coefficient (Wildman–Crippen LogP) is 2.71. The minimum absolute atomic E-state index is 0.0318. The van der Waals surface area contributed by atoms with E-state index in [-0.39, 0.29) is 16.9 Å². The van der Waals surface area contributed by atoms with E-state index in [0.717, 1.165) is 30.3 Å². The number of amides is 1. The number of anilines is 2. The Kier molecular flexibility index (Phi) is 3.79. The van der Waals surface area contributed by atoms with Crippen LogP contribution in [-0.2, 0) is 0 Å². The molecule has 0 aliphatic heterocycles. The van der Waals surface area contributed by atoms with Crippen LogP contribution in [0.1, 0.15) is 10.4 Å². The van der Waals surface area contributed by atoms with Crippen molar-refractivity contribution in [1.82, 2.24) is 0 Å². The molecule has 0 bridgehead atoms. The van der Waals surface area contributed by atoms with Crippen molar-refractivity contribution < 1.29 is 18.5 Å². The van der Waals surface area contributed by atoms with Gasteiger partial charge in [0.15, 0.2) is 11.6 Å². The number of hydrogen-bond acceptors (Lipinski definition) is 4. The quantitative estimate of drug-likeness (QED) is 0.516. The molecule has 8 heteroatoms. The van der Waals surface area contributed by atoms with Crippen LogP contribution in [0, 0.1) is 21.7 Å². The Morgan fingerprint density at radius 2 is 1.86 bits per heavy atom. The van der Waals surface area contributed by atoms with Gasteiger partial charge >= 0.3 is 0 Å². The molecule has 0 aliphatic carbocycles. The summed E-state index contributed by atoms with van der Waals surface area (Å²) in [6.45, 7) is 0. The zero-order valence-electron chi connectivity index (χ0n) is 10.5. The lowest BCUT2D eigenvalue weighted by molar-refractivity contribution is -0.385. The standard InChI is InChI=1S/C13H9F2N3O3/c14-10-3-2-8(6-11(10)15)17-13(19)9-5-7(16)1-4-12(9)18(20)21/h1-6H,16H2,(H,17,19). The average Bonchev–Trinajstić information content (AvgIpc) is 2.42. The van der Waals surface area contributed by atoms with E-state index in [1.54, 1.807) is 0 Å². The van der Waals surface area contributed by atoms with E-state index in [1.165, 1.54) is 6.07 Å². The third-order valence-corrected chi connectivity index (χ3v) is 2.64. The third-order valence-electron chi connectivity index (χ3n) is 2.64. The molecule has 0 aliphatic rings.